The van der Waals surface area contributed by atoms with Gasteiger partial charge >= 0.3 is 0 Å². The van der Waals surface area contributed by atoms with Crippen molar-refractivity contribution in [3.05, 3.63) is 234 Å². The molecule has 2 aliphatic heterocycles. The molecule has 90 heavy (non-hydrogen) atoms. The van der Waals surface area contributed by atoms with Crippen molar-refractivity contribution in [1.29, 1.82) is 0 Å². The molecule has 0 saturated heterocycles. The van der Waals surface area contributed by atoms with Gasteiger partial charge in [-0.3, -0.25) is 0 Å². The van der Waals surface area contributed by atoms with Crippen LogP contribution in [0.2, 0.25) is 0 Å². The van der Waals surface area contributed by atoms with Gasteiger partial charge in [-0.2, -0.15) is 0 Å². The minimum atomic E-state index is -0.108. The topological polar surface area (TPSA) is 6.48 Å². The first kappa shape index (κ1) is 59.4. The van der Waals surface area contributed by atoms with Crippen LogP contribution in [0.15, 0.2) is 200 Å². The number of nitrogens with zero attached hydrogens (tertiary/aromatic N) is 2. The summed E-state index contributed by atoms with van der Waals surface area (Å²) in [4.78, 5) is 5.41. The third-order valence-electron chi connectivity index (χ3n) is 19.7. The minimum absolute atomic E-state index is 0.0670. The van der Waals surface area contributed by atoms with E-state index >= 15 is 0 Å². The van der Waals surface area contributed by atoms with E-state index in [2.05, 4.69) is 335 Å². The van der Waals surface area contributed by atoms with Crippen LogP contribution in [0, 0.1) is 0 Å². The van der Waals surface area contributed by atoms with E-state index in [1.54, 1.807) is 0 Å². The highest BCUT2D eigenvalue weighted by Crippen LogP contribution is 2.54. The zero-order valence-electron chi connectivity index (χ0n) is 56.4. The van der Waals surface area contributed by atoms with E-state index in [1.807, 2.05) is 11.3 Å². The van der Waals surface area contributed by atoms with Gasteiger partial charge in [0.05, 0.1) is 17.1 Å². The Morgan fingerprint density at radius 1 is 0.278 bits per heavy atom. The van der Waals surface area contributed by atoms with Crippen LogP contribution in [0.1, 0.15) is 158 Å². The summed E-state index contributed by atoms with van der Waals surface area (Å²) in [5.74, 6) is 0. The second kappa shape index (κ2) is 20.7. The maximum atomic E-state index is 2.71. The molecule has 2 nitrogen and oxygen atoms in total. The Hall–Kier alpha value is -8.18. The highest BCUT2D eigenvalue weighted by Gasteiger charge is 2.47. The van der Waals surface area contributed by atoms with Crippen molar-refractivity contribution in [3.8, 4) is 33.4 Å². The summed E-state index contributed by atoms with van der Waals surface area (Å²) in [5, 5.41) is 8.98. The van der Waals surface area contributed by atoms with Crippen molar-refractivity contribution in [2.45, 2.75) is 157 Å². The van der Waals surface area contributed by atoms with Gasteiger partial charge in [0, 0.05) is 48.6 Å². The van der Waals surface area contributed by atoms with Gasteiger partial charge < -0.3 is 9.80 Å². The second-order valence-corrected chi connectivity index (χ2v) is 33.4. The summed E-state index contributed by atoms with van der Waals surface area (Å²) < 4.78 is 2.67. The average molecular weight is 1190 g/mol. The van der Waals surface area contributed by atoms with Gasteiger partial charge in [0.2, 0.25) is 0 Å². The molecule has 450 valence electrons. The van der Waals surface area contributed by atoms with Gasteiger partial charge in [0.25, 0.3) is 6.71 Å². The Balaban J connectivity index is 1.11. The number of anilines is 6. The molecule has 0 unspecified atom stereocenters. The van der Waals surface area contributed by atoms with Crippen LogP contribution >= 0.6 is 11.3 Å². The largest absolute Gasteiger partial charge is 0.310 e. The fraction of sp³-hybridized carbons (Fsp3) is 0.279. The van der Waals surface area contributed by atoms with Gasteiger partial charge in [0.1, 0.15) is 0 Å². The molecule has 0 atom stereocenters. The summed E-state index contributed by atoms with van der Waals surface area (Å²) in [6, 6.07) is 78.7. The molecular weight excluding hydrogens is 1100 g/mol. The number of hydrogen-bond donors (Lipinski definition) is 0. The predicted molar refractivity (Wildman–Crippen MR) is 397 cm³/mol. The standard InChI is InChI=1S/C86H87BN2S/c1-81(2,3)55-38-41-73(68(50-55)52-37-40-67-65-30-20-19-28-63(65)64-29-21-22-31-66(64)69(67)47-52)89-75-36-26-35-74-77(75)87(80-79(89)70-51-56(82(4,5)6)39-42-76(70)90-80)71-33-25-32-62(54-45-59(85(13,14)15)49-60(46-54)86(16,17)18)78(71)88(74)72-34-24-23-27-61(72)53-43-57(83(7,8)9)48-58(44-53)84(10,11)12/h19-51H,1-18H3. The second-order valence-electron chi connectivity index (χ2n) is 32.3. The lowest BCUT2D eigenvalue weighted by atomic mass is 9.36. The predicted octanol–water partition coefficient (Wildman–Crippen LogP) is 23.2. The maximum absolute atomic E-state index is 2.71. The van der Waals surface area contributed by atoms with Crippen molar-refractivity contribution in [2.24, 2.45) is 0 Å². The SMILES string of the molecule is CC(C)(C)c1cc(-c2ccccc2N2c3cccc4c3B(c3cccc(-c5cc(C(C)(C)C)cc(C(C)(C)C)c5)c32)c2sc3ccc(C(C)(C)C)cc3c2N4c2ccc(C(C)(C)C)cc2-c2ccc3c4ccccc4c4ccccc4c3c2)cc(C(C)(C)C)c1. The lowest BCUT2D eigenvalue weighted by Gasteiger charge is -2.44. The van der Waals surface area contributed by atoms with Crippen LogP contribution in [-0.4, -0.2) is 6.71 Å². The smallest absolute Gasteiger partial charge is 0.264 e. The van der Waals surface area contributed by atoms with Gasteiger partial charge in [0.15, 0.2) is 0 Å². The molecule has 11 aromatic carbocycles. The van der Waals surface area contributed by atoms with Crippen molar-refractivity contribution in [1.82, 2.24) is 0 Å². The highest BCUT2D eigenvalue weighted by molar-refractivity contribution is 7.33. The molecule has 2 aliphatic rings. The van der Waals surface area contributed by atoms with Crippen LogP contribution in [0.5, 0.6) is 0 Å². The average Bonchev–Trinajstić information content (AvgIpc) is 1.16. The van der Waals surface area contributed by atoms with Crippen molar-refractivity contribution < 1.29 is 0 Å². The quantitative estimate of drug-likeness (QED) is 0.125. The molecule has 0 spiro atoms. The summed E-state index contributed by atoms with van der Waals surface area (Å²) >= 11 is 1.99. The zero-order chi connectivity index (χ0) is 63.5. The third-order valence-corrected chi connectivity index (χ3v) is 21.0. The molecule has 4 heteroatoms. The van der Waals surface area contributed by atoms with Gasteiger partial charge in [-0.05, 0) is 174 Å². The molecule has 12 aromatic rings. The maximum Gasteiger partial charge on any atom is 0.264 e. The van der Waals surface area contributed by atoms with E-state index in [4.69, 9.17) is 0 Å². The molecule has 0 aliphatic carbocycles. The molecule has 0 N–H and O–H groups in total. The molecule has 1 aromatic heterocycles. The first-order valence-electron chi connectivity index (χ1n) is 32.8. The normalized spacial score (nSPS) is 13.8. The van der Waals surface area contributed by atoms with Crippen LogP contribution in [-0.2, 0) is 32.5 Å². The van der Waals surface area contributed by atoms with Crippen molar-refractivity contribution in [3.63, 3.8) is 0 Å². The summed E-state index contributed by atoms with van der Waals surface area (Å²) in [6.45, 7) is 42.4. The monoisotopic (exact) mass is 1190 g/mol. The van der Waals surface area contributed by atoms with Crippen molar-refractivity contribution in [2.75, 3.05) is 9.80 Å². The lowest BCUT2D eigenvalue weighted by Crippen LogP contribution is -2.60. The van der Waals surface area contributed by atoms with Crippen LogP contribution in [0.3, 0.4) is 0 Å². The van der Waals surface area contributed by atoms with Gasteiger partial charge in [-0.1, -0.05) is 276 Å². The Bertz CT molecular complexity index is 4810. The zero-order valence-corrected chi connectivity index (χ0v) is 57.2. The van der Waals surface area contributed by atoms with E-state index in [1.165, 1.54) is 159 Å². The Labute approximate surface area is 540 Å². The molecule has 0 radical (unpaired) electrons. The molecule has 0 saturated carbocycles. The molecule has 14 rings (SSSR count). The fourth-order valence-corrected chi connectivity index (χ4v) is 15.7. The van der Waals surface area contributed by atoms with Crippen LogP contribution in [0.4, 0.5) is 34.1 Å². The Morgan fingerprint density at radius 3 is 1.24 bits per heavy atom. The molecule has 3 heterocycles. The summed E-state index contributed by atoms with van der Waals surface area (Å²) in [6.07, 6.45) is 0. The van der Waals surface area contributed by atoms with Crippen LogP contribution in [0.25, 0.3) is 75.8 Å². The number of para-hydroxylation sites is 2. The molecule has 0 fully saturated rings. The minimum Gasteiger partial charge on any atom is -0.310 e. The van der Waals surface area contributed by atoms with E-state index < -0.39 is 0 Å². The highest BCUT2D eigenvalue weighted by atomic mass is 32.1. The van der Waals surface area contributed by atoms with Gasteiger partial charge in [-0.15, -0.1) is 11.3 Å². The third kappa shape index (κ3) is 9.90. The Morgan fingerprint density at radius 2 is 0.700 bits per heavy atom. The lowest BCUT2D eigenvalue weighted by molar-refractivity contribution is 0.568. The first-order chi connectivity index (χ1) is 42.4. The number of rotatable bonds is 5. The van der Waals surface area contributed by atoms with E-state index in [0.29, 0.717) is 0 Å². The van der Waals surface area contributed by atoms with E-state index in [-0.39, 0.29) is 39.2 Å². The number of fused-ring (bicyclic) bond motifs is 12. The van der Waals surface area contributed by atoms with E-state index in [0.717, 1.165) is 0 Å². The Kier molecular flexibility index (Phi) is 13.7. The number of thiophene rings is 1. The number of benzene rings is 11. The summed E-state index contributed by atoms with van der Waals surface area (Å²) in [7, 11) is 0. The first-order valence-corrected chi connectivity index (χ1v) is 33.6. The van der Waals surface area contributed by atoms with Crippen molar-refractivity contribution >= 4 is 110 Å². The van der Waals surface area contributed by atoms with Gasteiger partial charge in [-0.25, -0.2) is 0 Å². The molecule has 0 bridgehead atoms. The van der Waals surface area contributed by atoms with Crippen LogP contribution < -0.4 is 25.5 Å². The fourth-order valence-electron chi connectivity index (χ4n) is 14.4. The summed E-state index contributed by atoms with van der Waals surface area (Å²) in [5.41, 5.74) is 24.8. The molecule has 0 amide bonds. The molecular formula is C86H87BN2S. The van der Waals surface area contributed by atoms with E-state index in [9.17, 15) is 0 Å². The number of hydrogen-bond acceptors (Lipinski definition) is 3.